The van der Waals surface area contributed by atoms with Gasteiger partial charge in [-0.05, 0) is 38.3 Å². The van der Waals surface area contributed by atoms with Gasteiger partial charge in [0, 0.05) is 18.9 Å². The molecule has 1 aliphatic rings. The van der Waals surface area contributed by atoms with Crippen LogP contribution in [0.3, 0.4) is 0 Å². The van der Waals surface area contributed by atoms with E-state index < -0.39 is 0 Å². The second kappa shape index (κ2) is 4.46. The monoisotopic (exact) mass is 195 g/mol. The number of piperidine rings is 1. The number of rotatable bonds is 3. The van der Waals surface area contributed by atoms with Gasteiger partial charge in [-0.3, -0.25) is 4.57 Å². The molecular formula is C10H17N3O. The Bertz CT molecular complexity index is 322. The van der Waals surface area contributed by atoms with Crippen LogP contribution in [0.25, 0.3) is 0 Å². The molecule has 1 atom stereocenters. The van der Waals surface area contributed by atoms with Crippen LogP contribution >= 0.6 is 0 Å². The molecular weight excluding hydrogens is 178 g/mol. The zero-order valence-corrected chi connectivity index (χ0v) is 8.33. The fourth-order valence-corrected chi connectivity index (χ4v) is 2.02. The van der Waals surface area contributed by atoms with Crippen molar-refractivity contribution in [1.82, 2.24) is 14.9 Å². The summed E-state index contributed by atoms with van der Waals surface area (Å²) in [7, 11) is 0. The molecule has 1 unspecified atom stereocenters. The molecule has 1 fully saturated rings. The highest BCUT2D eigenvalue weighted by molar-refractivity contribution is 4.77. The van der Waals surface area contributed by atoms with E-state index in [9.17, 15) is 4.79 Å². The summed E-state index contributed by atoms with van der Waals surface area (Å²) < 4.78 is 1.74. The summed E-state index contributed by atoms with van der Waals surface area (Å²) >= 11 is 0. The maximum Gasteiger partial charge on any atom is 0.325 e. The first-order valence-electron chi connectivity index (χ1n) is 5.31. The molecule has 78 valence electrons. The summed E-state index contributed by atoms with van der Waals surface area (Å²) in [5, 5.41) is 3.38. The van der Waals surface area contributed by atoms with Crippen molar-refractivity contribution in [3.8, 4) is 0 Å². The predicted octanol–water partition coefficient (Wildman–Crippen LogP) is 0.566. The Labute approximate surface area is 83.3 Å². The van der Waals surface area contributed by atoms with E-state index >= 15 is 0 Å². The summed E-state index contributed by atoms with van der Waals surface area (Å²) in [6, 6.07) is 0. The molecule has 1 aliphatic heterocycles. The standard InChI is InChI=1S/C10H17N3O/c14-10-12-5-7-13(10)6-3-9-2-1-4-11-8-9/h5,7,9,11H,1-4,6,8H2,(H,12,14). The Morgan fingerprint density at radius 2 is 2.50 bits per heavy atom. The molecule has 4 heteroatoms. The highest BCUT2D eigenvalue weighted by atomic mass is 16.1. The largest absolute Gasteiger partial charge is 0.325 e. The van der Waals surface area contributed by atoms with Crippen LogP contribution in [0.2, 0.25) is 0 Å². The van der Waals surface area contributed by atoms with Gasteiger partial charge < -0.3 is 10.3 Å². The van der Waals surface area contributed by atoms with E-state index in [1.165, 1.54) is 12.8 Å². The Morgan fingerprint density at radius 1 is 1.57 bits per heavy atom. The van der Waals surface area contributed by atoms with E-state index in [4.69, 9.17) is 0 Å². The van der Waals surface area contributed by atoms with Crippen molar-refractivity contribution in [3.63, 3.8) is 0 Å². The first-order chi connectivity index (χ1) is 6.86. The average molecular weight is 195 g/mol. The van der Waals surface area contributed by atoms with Gasteiger partial charge in [0.15, 0.2) is 0 Å². The lowest BCUT2D eigenvalue weighted by molar-refractivity contribution is 0.340. The summed E-state index contributed by atoms with van der Waals surface area (Å²) in [5.74, 6) is 0.741. The Balaban J connectivity index is 1.82. The quantitative estimate of drug-likeness (QED) is 0.740. The molecule has 1 aromatic heterocycles. The fourth-order valence-electron chi connectivity index (χ4n) is 2.02. The SMILES string of the molecule is O=c1[nH]ccn1CCC1CCCNC1. The van der Waals surface area contributed by atoms with Crippen LogP contribution in [0.5, 0.6) is 0 Å². The number of aromatic nitrogens is 2. The van der Waals surface area contributed by atoms with Crippen LogP contribution in [-0.2, 0) is 6.54 Å². The van der Waals surface area contributed by atoms with E-state index in [1.807, 2.05) is 6.20 Å². The third-order valence-electron chi connectivity index (χ3n) is 2.90. The van der Waals surface area contributed by atoms with Crippen molar-refractivity contribution < 1.29 is 0 Å². The van der Waals surface area contributed by atoms with Gasteiger partial charge in [-0.15, -0.1) is 0 Å². The van der Waals surface area contributed by atoms with E-state index in [-0.39, 0.29) is 5.69 Å². The van der Waals surface area contributed by atoms with Crippen LogP contribution in [0.15, 0.2) is 17.2 Å². The van der Waals surface area contributed by atoms with Gasteiger partial charge in [-0.2, -0.15) is 0 Å². The Morgan fingerprint density at radius 3 is 3.14 bits per heavy atom. The van der Waals surface area contributed by atoms with Crippen LogP contribution in [-0.4, -0.2) is 22.6 Å². The minimum absolute atomic E-state index is 0.00812. The number of imidazole rings is 1. The van der Waals surface area contributed by atoms with Gasteiger partial charge in [-0.1, -0.05) is 0 Å². The highest BCUT2D eigenvalue weighted by Crippen LogP contribution is 2.14. The summed E-state index contributed by atoms with van der Waals surface area (Å²) in [6.45, 7) is 3.11. The van der Waals surface area contributed by atoms with Crippen LogP contribution in [0, 0.1) is 5.92 Å². The normalized spacial score (nSPS) is 22.4. The maximum absolute atomic E-state index is 11.2. The molecule has 2 rings (SSSR count). The predicted molar refractivity (Wildman–Crippen MR) is 55.3 cm³/mol. The number of nitrogens with one attached hydrogen (secondary N) is 2. The van der Waals surface area contributed by atoms with Gasteiger partial charge in [-0.25, -0.2) is 4.79 Å². The van der Waals surface area contributed by atoms with E-state index in [2.05, 4.69) is 10.3 Å². The van der Waals surface area contributed by atoms with Crippen molar-refractivity contribution in [3.05, 3.63) is 22.9 Å². The van der Waals surface area contributed by atoms with E-state index in [0.717, 1.165) is 32.0 Å². The molecule has 0 bridgehead atoms. The number of hydrogen-bond donors (Lipinski definition) is 2. The smallest absolute Gasteiger partial charge is 0.316 e. The molecule has 1 saturated heterocycles. The third-order valence-corrected chi connectivity index (χ3v) is 2.90. The van der Waals surface area contributed by atoms with Crippen molar-refractivity contribution in [2.45, 2.75) is 25.8 Å². The number of hydrogen-bond acceptors (Lipinski definition) is 2. The molecule has 2 N–H and O–H groups in total. The second-order valence-corrected chi connectivity index (χ2v) is 3.96. The molecule has 1 aromatic rings. The maximum atomic E-state index is 11.2. The molecule has 0 saturated carbocycles. The molecule has 0 amide bonds. The lowest BCUT2D eigenvalue weighted by Crippen LogP contribution is -2.31. The number of H-pyrrole nitrogens is 1. The number of aromatic amines is 1. The average Bonchev–Trinajstić information content (AvgIpc) is 2.63. The van der Waals surface area contributed by atoms with E-state index in [0.29, 0.717) is 0 Å². The fraction of sp³-hybridized carbons (Fsp3) is 0.700. The lowest BCUT2D eigenvalue weighted by atomic mass is 9.96. The van der Waals surface area contributed by atoms with Crippen molar-refractivity contribution in [2.75, 3.05) is 13.1 Å². The minimum Gasteiger partial charge on any atom is -0.316 e. The lowest BCUT2D eigenvalue weighted by Gasteiger charge is -2.22. The summed E-state index contributed by atoms with van der Waals surface area (Å²) in [5.41, 5.74) is 0.00812. The van der Waals surface area contributed by atoms with Gasteiger partial charge in [0.25, 0.3) is 0 Å². The topological polar surface area (TPSA) is 49.8 Å². The molecule has 14 heavy (non-hydrogen) atoms. The summed E-state index contributed by atoms with van der Waals surface area (Å²) in [6.07, 6.45) is 7.18. The van der Waals surface area contributed by atoms with Crippen molar-refractivity contribution >= 4 is 0 Å². The molecule has 0 aromatic carbocycles. The summed E-state index contributed by atoms with van der Waals surface area (Å²) in [4.78, 5) is 13.8. The molecule has 0 spiro atoms. The van der Waals surface area contributed by atoms with Gasteiger partial charge in [0.05, 0.1) is 0 Å². The van der Waals surface area contributed by atoms with Crippen LogP contribution < -0.4 is 11.0 Å². The van der Waals surface area contributed by atoms with Crippen LogP contribution in [0.4, 0.5) is 0 Å². The van der Waals surface area contributed by atoms with Crippen LogP contribution in [0.1, 0.15) is 19.3 Å². The van der Waals surface area contributed by atoms with Gasteiger partial charge in [0.1, 0.15) is 0 Å². The van der Waals surface area contributed by atoms with Gasteiger partial charge in [0.2, 0.25) is 0 Å². The molecule has 2 heterocycles. The zero-order valence-electron chi connectivity index (χ0n) is 8.33. The minimum atomic E-state index is 0.00812. The molecule has 0 radical (unpaired) electrons. The Hall–Kier alpha value is -1.03. The second-order valence-electron chi connectivity index (χ2n) is 3.96. The first kappa shape index (κ1) is 9.52. The highest BCUT2D eigenvalue weighted by Gasteiger charge is 2.12. The van der Waals surface area contributed by atoms with Crippen molar-refractivity contribution in [2.24, 2.45) is 5.92 Å². The molecule has 0 aliphatic carbocycles. The molecule has 4 nitrogen and oxygen atoms in total. The first-order valence-corrected chi connectivity index (χ1v) is 5.31. The Kier molecular flexibility index (Phi) is 3.03. The van der Waals surface area contributed by atoms with Crippen molar-refractivity contribution in [1.29, 1.82) is 0 Å². The van der Waals surface area contributed by atoms with Gasteiger partial charge >= 0.3 is 5.69 Å². The number of nitrogens with zero attached hydrogens (tertiary/aromatic N) is 1. The third kappa shape index (κ3) is 2.26. The van der Waals surface area contributed by atoms with E-state index in [1.54, 1.807) is 10.8 Å². The number of aryl methyl sites for hydroxylation is 1. The zero-order chi connectivity index (χ0) is 9.80.